The Bertz CT molecular complexity index is 1600. The van der Waals surface area contributed by atoms with Gasteiger partial charge >= 0.3 is 0 Å². The summed E-state index contributed by atoms with van der Waals surface area (Å²) >= 11 is 1.39. The second-order valence-corrected chi connectivity index (χ2v) is 8.67. The van der Waals surface area contributed by atoms with Crippen molar-refractivity contribution in [3.63, 3.8) is 0 Å². The van der Waals surface area contributed by atoms with Gasteiger partial charge in [0.1, 0.15) is 11.4 Å². The van der Waals surface area contributed by atoms with Gasteiger partial charge in [-0.1, -0.05) is 55.5 Å². The van der Waals surface area contributed by atoms with Gasteiger partial charge in [-0.05, 0) is 18.1 Å². The van der Waals surface area contributed by atoms with Gasteiger partial charge in [0.25, 0.3) is 11.5 Å². The molecule has 0 saturated carbocycles. The highest BCUT2D eigenvalue weighted by atomic mass is 32.1. The molecule has 0 atom stereocenters. The normalized spacial score (nSPS) is 11.7. The van der Waals surface area contributed by atoms with Crippen molar-refractivity contribution < 1.29 is 9.90 Å². The summed E-state index contributed by atoms with van der Waals surface area (Å²) in [6.07, 6.45) is 2.18. The molecule has 0 saturated heterocycles. The van der Waals surface area contributed by atoms with Crippen LogP contribution in [-0.2, 0) is 17.9 Å². The Morgan fingerprint density at radius 2 is 1.88 bits per heavy atom. The molecule has 8 nitrogen and oxygen atoms in total. The number of nitrogens with zero attached hydrogens (tertiary/aromatic N) is 5. The van der Waals surface area contributed by atoms with Crippen LogP contribution in [0.25, 0.3) is 32.2 Å². The number of para-hydroxylation sites is 1. The molecule has 0 unspecified atom stereocenters. The van der Waals surface area contributed by atoms with E-state index in [1.807, 2.05) is 66.9 Å². The first kappa shape index (κ1) is 21.7. The Balaban J connectivity index is 1.46. The molecular weight excluding hydrogens is 450 g/mol. The summed E-state index contributed by atoms with van der Waals surface area (Å²) in [5, 5.41) is 21.6. The Labute approximate surface area is 198 Å². The maximum atomic E-state index is 13.2. The van der Waals surface area contributed by atoms with E-state index in [2.05, 4.69) is 15.2 Å². The van der Waals surface area contributed by atoms with Crippen molar-refractivity contribution >= 4 is 44.1 Å². The Kier molecular flexibility index (Phi) is 5.77. The minimum absolute atomic E-state index is 0.0365. The van der Waals surface area contributed by atoms with E-state index in [-0.39, 0.29) is 23.7 Å². The largest absolute Gasteiger partial charge is 0.493 e. The van der Waals surface area contributed by atoms with Crippen LogP contribution in [0.1, 0.15) is 13.3 Å². The van der Waals surface area contributed by atoms with Gasteiger partial charge in [0.2, 0.25) is 5.88 Å². The molecule has 5 aromatic rings. The number of aryl methyl sites for hydroxylation is 1. The SMILES string of the molecule is CCCn1c(O)c(N=NC(=O)Cn2cnc3scc(-c4ccccc4)c3c2=O)c2ccccc21. The molecule has 0 bridgehead atoms. The van der Waals surface area contributed by atoms with Crippen molar-refractivity contribution in [2.45, 2.75) is 26.4 Å². The van der Waals surface area contributed by atoms with Crippen LogP contribution in [0.4, 0.5) is 5.69 Å². The summed E-state index contributed by atoms with van der Waals surface area (Å²) in [4.78, 5) is 30.7. The fraction of sp³-hybridized carbons (Fsp3) is 0.160. The Morgan fingerprint density at radius 3 is 2.68 bits per heavy atom. The molecule has 2 aromatic carbocycles. The number of azo groups is 1. The third kappa shape index (κ3) is 3.80. The van der Waals surface area contributed by atoms with Gasteiger partial charge in [0, 0.05) is 22.9 Å². The van der Waals surface area contributed by atoms with Crippen LogP contribution in [0.5, 0.6) is 5.88 Å². The quantitative estimate of drug-likeness (QED) is 0.330. The molecule has 3 heterocycles. The number of benzene rings is 2. The monoisotopic (exact) mass is 471 g/mol. The number of hydrogen-bond acceptors (Lipinski definition) is 6. The smallest absolute Gasteiger partial charge is 0.284 e. The Morgan fingerprint density at radius 1 is 1.12 bits per heavy atom. The van der Waals surface area contributed by atoms with Gasteiger partial charge in [-0.2, -0.15) is 0 Å². The standard InChI is InChI=1S/C25H21N5O3S/c1-2-12-30-19-11-7-6-10-17(19)22(25(30)33)28-27-20(31)13-29-15-26-23-21(24(29)32)18(14-34-23)16-8-4-3-5-9-16/h3-11,14-15,33H,2,12-13H2,1H3. The van der Waals surface area contributed by atoms with Crippen molar-refractivity contribution in [2.24, 2.45) is 10.2 Å². The average molecular weight is 472 g/mol. The number of rotatable bonds is 6. The van der Waals surface area contributed by atoms with Crippen LogP contribution in [0, 0.1) is 0 Å². The van der Waals surface area contributed by atoms with E-state index in [0.717, 1.165) is 23.1 Å². The molecule has 1 N–H and O–H groups in total. The van der Waals surface area contributed by atoms with Crippen LogP contribution in [0.15, 0.2) is 81.3 Å². The van der Waals surface area contributed by atoms with Crippen molar-refractivity contribution in [3.8, 4) is 17.0 Å². The molecule has 3 aromatic heterocycles. The molecule has 1 amide bonds. The summed E-state index contributed by atoms with van der Waals surface area (Å²) in [7, 11) is 0. The number of thiophene rings is 1. The number of aromatic hydroxyl groups is 1. The predicted molar refractivity (Wildman–Crippen MR) is 133 cm³/mol. The third-order valence-corrected chi connectivity index (χ3v) is 6.46. The number of fused-ring (bicyclic) bond motifs is 2. The van der Waals surface area contributed by atoms with E-state index in [1.165, 1.54) is 22.2 Å². The molecule has 0 aliphatic carbocycles. The number of carbonyl (C=O) groups excluding carboxylic acids is 1. The van der Waals surface area contributed by atoms with Crippen molar-refractivity contribution in [1.29, 1.82) is 0 Å². The highest BCUT2D eigenvalue weighted by Crippen LogP contribution is 2.39. The second-order valence-electron chi connectivity index (χ2n) is 7.81. The van der Waals surface area contributed by atoms with E-state index < -0.39 is 5.91 Å². The summed E-state index contributed by atoms with van der Waals surface area (Å²) in [6, 6.07) is 17.0. The molecular formula is C25H21N5O3S. The van der Waals surface area contributed by atoms with E-state index in [4.69, 9.17) is 0 Å². The predicted octanol–water partition coefficient (Wildman–Crippen LogP) is 5.51. The van der Waals surface area contributed by atoms with Crippen molar-refractivity contribution in [1.82, 2.24) is 14.1 Å². The van der Waals surface area contributed by atoms with E-state index in [1.54, 1.807) is 4.57 Å². The number of hydrogen-bond donors (Lipinski definition) is 1. The van der Waals surface area contributed by atoms with E-state index in [0.29, 0.717) is 22.1 Å². The summed E-state index contributed by atoms with van der Waals surface area (Å²) < 4.78 is 2.99. The zero-order valence-corrected chi connectivity index (χ0v) is 19.2. The van der Waals surface area contributed by atoms with Crippen LogP contribution < -0.4 is 5.56 Å². The first-order valence-electron chi connectivity index (χ1n) is 10.8. The van der Waals surface area contributed by atoms with Gasteiger partial charge < -0.3 is 9.67 Å². The molecule has 0 spiro atoms. The van der Waals surface area contributed by atoms with Crippen LogP contribution in [0.2, 0.25) is 0 Å². The zero-order valence-electron chi connectivity index (χ0n) is 18.4. The Hall–Kier alpha value is -4.11. The first-order chi connectivity index (χ1) is 16.6. The van der Waals surface area contributed by atoms with Crippen LogP contribution in [0.3, 0.4) is 0 Å². The van der Waals surface area contributed by atoms with Gasteiger partial charge in [-0.15, -0.1) is 21.6 Å². The zero-order chi connectivity index (χ0) is 23.7. The maximum Gasteiger partial charge on any atom is 0.284 e. The lowest BCUT2D eigenvalue weighted by Gasteiger charge is -2.04. The summed E-state index contributed by atoms with van der Waals surface area (Å²) in [6.45, 7) is 2.32. The maximum absolute atomic E-state index is 13.2. The molecule has 0 fully saturated rings. The van der Waals surface area contributed by atoms with Gasteiger partial charge in [0.15, 0.2) is 5.69 Å². The molecule has 9 heteroatoms. The van der Waals surface area contributed by atoms with Gasteiger partial charge in [0.05, 0.1) is 17.2 Å². The molecule has 170 valence electrons. The number of aromatic nitrogens is 3. The lowest BCUT2D eigenvalue weighted by molar-refractivity contribution is -0.118. The minimum atomic E-state index is -0.619. The van der Waals surface area contributed by atoms with Gasteiger partial charge in [-0.3, -0.25) is 14.2 Å². The molecule has 0 aliphatic rings. The fourth-order valence-corrected chi connectivity index (χ4v) is 4.92. The second kappa shape index (κ2) is 9.03. The lowest BCUT2D eigenvalue weighted by atomic mass is 10.1. The lowest BCUT2D eigenvalue weighted by Crippen LogP contribution is -2.23. The van der Waals surface area contributed by atoms with E-state index >= 15 is 0 Å². The van der Waals surface area contributed by atoms with Crippen molar-refractivity contribution in [2.75, 3.05) is 0 Å². The summed E-state index contributed by atoms with van der Waals surface area (Å²) in [5.74, 6) is -0.655. The van der Waals surface area contributed by atoms with E-state index in [9.17, 15) is 14.7 Å². The molecule has 5 rings (SSSR count). The van der Waals surface area contributed by atoms with Gasteiger partial charge in [-0.25, -0.2) is 4.98 Å². The number of amides is 1. The number of carbonyl (C=O) groups is 1. The minimum Gasteiger partial charge on any atom is -0.493 e. The summed E-state index contributed by atoms with van der Waals surface area (Å²) in [5.41, 5.74) is 2.45. The first-order valence-corrected chi connectivity index (χ1v) is 11.7. The highest BCUT2D eigenvalue weighted by Gasteiger charge is 2.17. The van der Waals surface area contributed by atoms with Crippen molar-refractivity contribution in [3.05, 3.63) is 76.7 Å². The molecule has 0 radical (unpaired) electrons. The molecule has 34 heavy (non-hydrogen) atoms. The highest BCUT2D eigenvalue weighted by molar-refractivity contribution is 7.17. The average Bonchev–Trinajstić information content (AvgIpc) is 3.40. The third-order valence-electron chi connectivity index (χ3n) is 5.58. The van der Waals surface area contributed by atoms with Crippen LogP contribution >= 0.6 is 11.3 Å². The fourth-order valence-electron chi connectivity index (χ4n) is 4.01. The topological polar surface area (TPSA) is 102 Å². The van der Waals surface area contributed by atoms with Crippen LogP contribution in [-0.4, -0.2) is 25.1 Å². The molecule has 0 aliphatic heterocycles.